The molecular weight excluding hydrogens is 334 g/mol. The van der Waals surface area contributed by atoms with Crippen molar-refractivity contribution in [1.82, 2.24) is 0 Å². The summed E-state index contributed by atoms with van der Waals surface area (Å²) in [6, 6.07) is 15.1. The summed E-state index contributed by atoms with van der Waals surface area (Å²) < 4.78 is 1.28. The molecule has 0 saturated heterocycles. The molecule has 3 aromatic rings. The van der Waals surface area contributed by atoms with Gasteiger partial charge in [-0.05, 0) is 72.0 Å². The van der Waals surface area contributed by atoms with Crippen LogP contribution < -0.4 is 0 Å². The van der Waals surface area contributed by atoms with Crippen molar-refractivity contribution in [1.29, 1.82) is 5.26 Å². The summed E-state index contributed by atoms with van der Waals surface area (Å²) in [6.07, 6.45) is 5.49. The zero-order valence-electron chi connectivity index (χ0n) is 15.6. The number of thiophene rings is 1. The highest BCUT2D eigenvalue weighted by Gasteiger charge is 2.14. The molecule has 0 fully saturated rings. The first-order chi connectivity index (χ1) is 12.5. The van der Waals surface area contributed by atoms with E-state index in [1.165, 1.54) is 42.8 Å². The van der Waals surface area contributed by atoms with E-state index in [4.69, 9.17) is 5.26 Å². The third-order valence-corrected chi connectivity index (χ3v) is 6.17. The summed E-state index contributed by atoms with van der Waals surface area (Å²) >= 11 is 1.84. The molecule has 0 radical (unpaired) electrons. The fraction of sp³-hybridized carbons (Fsp3) is 0.208. The van der Waals surface area contributed by atoms with E-state index in [-0.39, 0.29) is 0 Å². The van der Waals surface area contributed by atoms with Crippen LogP contribution in [0.1, 0.15) is 46.0 Å². The summed E-state index contributed by atoms with van der Waals surface area (Å²) in [5.74, 6) is 0. The number of fused-ring (bicyclic) bond motifs is 1. The van der Waals surface area contributed by atoms with E-state index in [2.05, 4.69) is 75.9 Å². The van der Waals surface area contributed by atoms with Gasteiger partial charge in [-0.25, -0.2) is 0 Å². The maximum atomic E-state index is 9.00. The summed E-state index contributed by atoms with van der Waals surface area (Å²) in [7, 11) is 0. The smallest absolute Gasteiger partial charge is 0.0625 e. The molecule has 1 aromatic heterocycles. The number of hydrogen-bond donors (Lipinski definition) is 0. The molecule has 2 aromatic carbocycles. The van der Waals surface area contributed by atoms with Crippen molar-refractivity contribution in [2.75, 3.05) is 0 Å². The molecule has 2 heteroatoms. The molecule has 3 rings (SSSR count). The summed E-state index contributed by atoms with van der Waals surface area (Å²) in [6.45, 7) is 10.5. The Morgan fingerprint density at radius 1 is 1.23 bits per heavy atom. The van der Waals surface area contributed by atoms with Gasteiger partial charge in [-0.3, -0.25) is 0 Å². The fourth-order valence-electron chi connectivity index (χ4n) is 3.43. The van der Waals surface area contributed by atoms with Crippen molar-refractivity contribution >= 4 is 39.1 Å². The standard InChI is InChI=1S/C24H23NS/c1-5-19-14-21(11-8-12-25)23-18(4)24(26-22(23)15-19)17(3)13-20-10-7-6-9-16(20)2/h5-7,9-10,13-15H,1,8,11H2,2-4H3/b17-13+. The van der Waals surface area contributed by atoms with Crippen LogP contribution in [0.2, 0.25) is 0 Å². The van der Waals surface area contributed by atoms with Gasteiger partial charge in [0.05, 0.1) is 6.07 Å². The van der Waals surface area contributed by atoms with Gasteiger partial charge in [-0.15, -0.1) is 11.3 Å². The van der Waals surface area contributed by atoms with Crippen molar-refractivity contribution < 1.29 is 0 Å². The summed E-state index contributed by atoms with van der Waals surface area (Å²) in [5.41, 5.74) is 7.52. The quantitative estimate of drug-likeness (QED) is 0.474. The van der Waals surface area contributed by atoms with Crippen molar-refractivity contribution in [3.05, 3.63) is 75.7 Å². The van der Waals surface area contributed by atoms with Crippen LogP contribution in [0.4, 0.5) is 0 Å². The predicted molar refractivity (Wildman–Crippen MR) is 115 cm³/mol. The lowest BCUT2D eigenvalue weighted by atomic mass is 9.97. The lowest BCUT2D eigenvalue weighted by molar-refractivity contribution is 1.02. The first-order valence-corrected chi connectivity index (χ1v) is 9.66. The average molecular weight is 358 g/mol. The zero-order chi connectivity index (χ0) is 18.7. The van der Waals surface area contributed by atoms with Crippen molar-refractivity contribution in [3.8, 4) is 6.07 Å². The predicted octanol–water partition coefficient (Wildman–Crippen LogP) is 7.18. The molecule has 0 atom stereocenters. The van der Waals surface area contributed by atoms with Crippen molar-refractivity contribution in [2.45, 2.75) is 33.6 Å². The SMILES string of the molecule is C=Cc1cc(CCC#N)c2c(C)c(/C(C)=C/c3ccccc3C)sc2c1. The molecule has 0 bridgehead atoms. The Balaban J connectivity index is 2.16. The molecule has 26 heavy (non-hydrogen) atoms. The Labute approximate surface area is 159 Å². The van der Waals surface area contributed by atoms with Crippen LogP contribution in [0.15, 0.2) is 43.0 Å². The highest BCUT2D eigenvalue weighted by molar-refractivity contribution is 7.20. The van der Waals surface area contributed by atoms with Gasteiger partial charge >= 0.3 is 0 Å². The lowest BCUT2D eigenvalue weighted by Gasteiger charge is -2.06. The molecule has 0 saturated carbocycles. The first kappa shape index (κ1) is 18.2. The highest BCUT2D eigenvalue weighted by Crippen LogP contribution is 2.39. The third kappa shape index (κ3) is 3.49. The minimum absolute atomic E-state index is 0.540. The monoisotopic (exact) mass is 357 g/mol. The molecule has 0 aliphatic rings. The van der Waals surface area contributed by atoms with Gasteiger partial charge in [0.15, 0.2) is 0 Å². The van der Waals surface area contributed by atoms with Crippen LogP contribution >= 0.6 is 11.3 Å². The molecule has 0 aliphatic carbocycles. The van der Waals surface area contributed by atoms with Gasteiger partial charge in [0.1, 0.15) is 0 Å². The second-order valence-corrected chi connectivity index (χ2v) is 7.71. The Morgan fingerprint density at radius 2 is 2.00 bits per heavy atom. The maximum absolute atomic E-state index is 9.00. The van der Waals surface area contributed by atoms with Crippen LogP contribution in [0.3, 0.4) is 0 Å². The Hall–Kier alpha value is -2.63. The zero-order valence-corrected chi connectivity index (χ0v) is 16.4. The van der Waals surface area contributed by atoms with E-state index in [0.717, 1.165) is 12.0 Å². The number of hydrogen-bond acceptors (Lipinski definition) is 2. The normalized spacial score (nSPS) is 11.5. The van der Waals surface area contributed by atoms with E-state index >= 15 is 0 Å². The molecule has 0 unspecified atom stereocenters. The molecule has 0 N–H and O–H groups in total. The van der Waals surface area contributed by atoms with Crippen LogP contribution in [0.25, 0.3) is 27.8 Å². The highest BCUT2D eigenvalue weighted by atomic mass is 32.1. The van der Waals surface area contributed by atoms with E-state index in [9.17, 15) is 0 Å². The second-order valence-electron chi connectivity index (χ2n) is 6.66. The number of nitriles is 1. The van der Waals surface area contributed by atoms with E-state index in [0.29, 0.717) is 6.42 Å². The third-order valence-electron chi connectivity index (χ3n) is 4.79. The van der Waals surface area contributed by atoms with Gasteiger partial charge < -0.3 is 0 Å². The van der Waals surface area contributed by atoms with E-state index < -0.39 is 0 Å². The van der Waals surface area contributed by atoms with Crippen LogP contribution in [-0.4, -0.2) is 0 Å². The van der Waals surface area contributed by atoms with Crippen LogP contribution in [0, 0.1) is 25.2 Å². The van der Waals surface area contributed by atoms with Gasteiger partial charge in [0.2, 0.25) is 0 Å². The molecule has 1 nitrogen and oxygen atoms in total. The number of benzene rings is 2. The summed E-state index contributed by atoms with van der Waals surface area (Å²) in [4.78, 5) is 1.32. The molecular formula is C24H23NS. The van der Waals surface area contributed by atoms with Crippen LogP contribution in [-0.2, 0) is 6.42 Å². The number of allylic oxidation sites excluding steroid dienone is 1. The minimum Gasteiger partial charge on any atom is -0.198 e. The van der Waals surface area contributed by atoms with Crippen LogP contribution in [0.5, 0.6) is 0 Å². The summed E-state index contributed by atoms with van der Waals surface area (Å²) in [5, 5.41) is 10.3. The molecule has 0 spiro atoms. The Kier molecular flexibility index (Phi) is 5.40. The molecule has 0 aliphatic heterocycles. The van der Waals surface area contributed by atoms with Crippen molar-refractivity contribution in [3.63, 3.8) is 0 Å². The second kappa shape index (κ2) is 7.72. The van der Waals surface area contributed by atoms with E-state index in [1.807, 2.05) is 17.4 Å². The molecule has 130 valence electrons. The lowest BCUT2D eigenvalue weighted by Crippen LogP contribution is -1.89. The number of rotatable bonds is 5. The van der Waals surface area contributed by atoms with E-state index in [1.54, 1.807) is 0 Å². The minimum atomic E-state index is 0.540. The maximum Gasteiger partial charge on any atom is 0.0625 e. The van der Waals surface area contributed by atoms with Gasteiger partial charge in [0, 0.05) is 16.0 Å². The number of nitrogens with zero attached hydrogens (tertiary/aromatic N) is 1. The Bertz CT molecular complexity index is 1040. The van der Waals surface area contributed by atoms with Gasteiger partial charge in [-0.2, -0.15) is 5.26 Å². The molecule has 0 amide bonds. The molecule has 1 heterocycles. The van der Waals surface area contributed by atoms with Gasteiger partial charge in [-0.1, -0.05) is 49.1 Å². The first-order valence-electron chi connectivity index (χ1n) is 8.85. The Morgan fingerprint density at radius 3 is 2.69 bits per heavy atom. The average Bonchev–Trinajstić information content (AvgIpc) is 2.98. The van der Waals surface area contributed by atoms with Gasteiger partial charge in [0.25, 0.3) is 0 Å². The topological polar surface area (TPSA) is 23.8 Å². The largest absolute Gasteiger partial charge is 0.198 e. The number of aryl methyl sites for hydroxylation is 3. The van der Waals surface area contributed by atoms with Crippen molar-refractivity contribution in [2.24, 2.45) is 0 Å². The fourth-order valence-corrected chi connectivity index (χ4v) is 4.71.